The number of hydrogen-bond acceptors (Lipinski definition) is 2. The number of aliphatic hydroxyl groups is 1. The molecule has 1 aliphatic rings. The zero-order chi connectivity index (χ0) is 10.2. The van der Waals surface area contributed by atoms with E-state index < -0.39 is 0 Å². The summed E-state index contributed by atoms with van der Waals surface area (Å²) in [5.74, 6) is 0.578. The Hall–Kier alpha value is 0.400. The molecule has 2 nitrogen and oxygen atoms in total. The van der Waals surface area contributed by atoms with E-state index >= 15 is 0 Å². The summed E-state index contributed by atoms with van der Waals surface area (Å²) in [7, 11) is 0. The number of likely N-dealkylation sites (tertiary alicyclic amines) is 1. The molecule has 1 aliphatic heterocycles. The van der Waals surface area contributed by atoms with Gasteiger partial charge in [-0.1, -0.05) is 22.4 Å². The molecule has 0 bridgehead atoms. The Morgan fingerprint density at radius 2 is 1.86 bits per heavy atom. The molecule has 0 aromatic carbocycles. The van der Waals surface area contributed by atoms with Crippen LogP contribution < -0.4 is 0 Å². The first-order valence-electron chi connectivity index (χ1n) is 5.76. The summed E-state index contributed by atoms with van der Waals surface area (Å²) >= 11 is 3.45. The van der Waals surface area contributed by atoms with E-state index in [4.69, 9.17) is 5.11 Å². The molecule has 1 fully saturated rings. The fourth-order valence-electron chi connectivity index (χ4n) is 2.00. The molecule has 0 unspecified atom stereocenters. The molecule has 0 aliphatic carbocycles. The lowest BCUT2D eigenvalue weighted by molar-refractivity contribution is 0.130. The van der Waals surface area contributed by atoms with E-state index in [1.165, 1.54) is 51.7 Å². The summed E-state index contributed by atoms with van der Waals surface area (Å²) in [6, 6.07) is 0. The first-order chi connectivity index (χ1) is 6.86. The minimum atomic E-state index is 0.386. The van der Waals surface area contributed by atoms with Crippen LogP contribution in [0.3, 0.4) is 0 Å². The zero-order valence-electron chi connectivity index (χ0n) is 8.92. The standard InChI is InChI=1S/C11H22BrNO/c12-6-2-1-3-7-13-8-4-11(10-14)5-9-13/h11,14H,1-10H2. The van der Waals surface area contributed by atoms with Crippen molar-refractivity contribution < 1.29 is 5.11 Å². The van der Waals surface area contributed by atoms with E-state index in [-0.39, 0.29) is 0 Å². The number of halogens is 1. The molecule has 0 aromatic rings. The summed E-state index contributed by atoms with van der Waals surface area (Å²) < 4.78 is 0. The van der Waals surface area contributed by atoms with Crippen LogP contribution in [-0.4, -0.2) is 41.6 Å². The molecule has 1 heterocycles. The molecule has 1 rings (SSSR count). The maximum atomic E-state index is 9.00. The van der Waals surface area contributed by atoms with Crippen LogP contribution in [-0.2, 0) is 0 Å². The van der Waals surface area contributed by atoms with Crippen molar-refractivity contribution in [1.82, 2.24) is 4.90 Å². The van der Waals surface area contributed by atoms with Crippen molar-refractivity contribution >= 4 is 15.9 Å². The molecule has 14 heavy (non-hydrogen) atoms. The lowest BCUT2D eigenvalue weighted by Crippen LogP contribution is -2.35. The topological polar surface area (TPSA) is 23.5 Å². The second-order valence-electron chi connectivity index (χ2n) is 4.22. The van der Waals surface area contributed by atoms with Gasteiger partial charge in [0.15, 0.2) is 0 Å². The Kier molecular flexibility index (Phi) is 6.82. The monoisotopic (exact) mass is 263 g/mol. The third-order valence-electron chi connectivity index (χ3n) is 3.07. The van der Waals surface area contributed by atoms with Gasteiger partial charge in [-0.15, -0.1) is 0 Å². The van der Waals surface area contributed by atoms with Gasteiger partial charge in [0.05, 0.1) is 0 Å². The van der Waals surface area contributed by atoms with E-state index in [1.54, 1.807) is 0 Å². The van der Waals surface area contributed by atoms with Crippen LogP contribution in [0.1, 0.15) is 32.1 Å². The SMILES string of the molecule is OCC1CCN(CCCCCBr)CC1. The van der Waals surface area contributed by atoms with Crippen LogP contribution in [0.15, 0.2) is 0 Å². The number of rotatable bonds is 6. The van der Waals surface area contributed by atoms with Crippen LogP contribution in [0, 0.1) is 5.92 Å². The van der Waals surface area contributed by atoms with E-state index in [0.29, 0.717) is 12.5 Å². The van der Waals surface area contributed by atoms with Crippen LogP contribution in [0.5, 0.6) is 0 Å². The summed E-state index contributed by atoms with van der Waals surface area (Å²) in [5, 5.41) is 10.1. The van der Waals surface area contributed by atoms with Crippen LogP contribution >= 0.6 is 15.9 Å². The highest BCUT2D eigenvalue weighted by Crippen LogP contribution is 2.16. The second kappa shape index (κ2) is 7.66. The molecule has 0 spiro atoms. The van der Waals surface area contributed by atoms with E-state index in [1.807, 2.05) is 0 Å². The number of nitrogens with zero attached hydrogens (tertiary/aromatic N) is 1. The van der Waals surface area contributed by atoms with Crippen molar-refractivity contribution in [1.29, 1.82) is 0 Å². The molecule has 1 N–H and O–H groups in total. The van der Waals surface area contributed by atoms with E-state index in [9.17, 15) is 0 Å². The average Bonchev–Trinajstić information content (AvgIpc) is 2.25. The lowest BCUT2D eigenvalue weighted by Gasteiger charge is -2.30. The van der Waals surface area contributed by atoms with Crippen LogP contribution in [0.2, 0.25) is 0 Å². The molecule has 0 atom stereocenters. The molecule has 0 amide bonds. The number of piperidine rings is 1. The van der Waals surface area contributed by atoms with Crippen molar-refractivity contribution in [2.24, 2.45) is 5.92 Å². The van der Waals surface area contributed by atoms with Crippen molar-refractivity contribution in [3.63, 3.8) is 0 Å². The first-order valence-corrected chi connectivity index (χ1v) is 6.88. The summed E-state index contributed by atoms with van der Waals surface area (Å²) in [6.07, 6.45) is 6.34. The van der Waals surface area contributed by atoms with Crippen molar-refractivity contribution in [3.8, 4) is 0 Å². The normalized spacial score (nSPS) is 20.1. The Balaban J connectivity index is 1.98. The Morgan fingerprint density at radius 1 is 1.14 bits per heavy atom. The van der Waals surface area contributed by atoms with Crippen molar-refractivity contribution in [2.45, 2.75) is 32.1 Å². The Bertz CT molecular complexity index is 135. The van der Waals surface area contributed by atoms with Gasteiger partial charge >= 0.3 is 0 Å². The lowest BCUT2D eigenvalue weighted by atomic mass is 9.98. The number of aliphatic hydroxyl groups excluding tert-OH is 1. The number of hydrogen-bond donors (Lipinski definition) is 1. The maximum Gasteiger partial charge on any atom is 0.0460 e. The fraction of sp³-hybridized carbons (Fsp3) is 1.00. The minimum Gasteiger partial charge on any atom is -0.396 e. The van der Waals surface area contributed by atoms with Gasteiger partial charge in [0.1, 0.15) is 0 Å². The van der Waals surface area contributed by atoms with Gasteiger partial charge in [0.2, 0.25) is 0 Å². The van der Waals surface area contributed by atoms with Gasteiger partial charge in [-0.05, 0) is 51.2 Å². The van der Waals surface area contributed by atoms with Crippen LogP contribution in [0.25, 0.3) is 0 Å². The Labute approximate surface area is 95.8 Å². The van der Waals surface area contributed by atoms with E-state index in [0.717, 1.165) is 5.33 Å². The van der Waals surface area contributed by atoms with Gasteiger partial charge in [-0.25, -0.2) is 0 Å². The second-order valence-corrected chi connectivity index (χ2v) is 5.01. The minimum absolute atomic E-state index is 0.386. The van der Waals surface area contributed by atoms with Crippen molar-refractivity contribution in [2.75, 3.05) is 31.6 Å². The highest BCUT2D eigenvalue weighted by Gasteiger charge is 2.17. The highest BCUT2D eigenvalue weighted by molar-refractivity contribution is 9.09. The molecule has 0 saturated carbocycles. The molecule has 84 valence electrons. The highest BCUT2D eigenvalue weighted by atomic mass is 79.9. The third kappa shape index (κ3) is 4.76. The van der Waals surface area contributed by atoms with Crippen LogP contribution in [0.4, 0.5) is 0 Å². The zero-order valence-corrected chi connectivity index (χ0v) is 10.5. The molecule has 1 saturated heterocycles. The quantitative estimate of drug-likeness (QED) is 0.587. The van der Waals surface area contributed by atoms with Gasteiger partial charge in [0, 0.05) is 11.9 Å². The average molecular weight is 264 g/mol. The van der Waals surface area contributed by atoms with Gasteiger partial charge in [-0.3, -0.25) is 0 Å². The molecule has 0 aromatic heterocycles. The molecule has 0 radical (unpaired) electrons. The molecular formula is C11H22BrNO. The van der Waals surface area contributed by atoms with E-state index in [2.05, 4.69) is 20.8 Å². The van der Waals surface area contributed by atoms with Gasteiger partial charge in [0.25, 0.3) is 0 Å². The van der Waals surface area contributed by atoms with Gasteiger partial charge in [-0.2, -0.15) is 0 Å². The Morgan fingerprint density at radius 3 is 2.43 bits per heavy atom. The predicted octanol–water partition coefficient (Wildman–Crippen LogP) is 2.26. The number of unbranched alkanes of at least 4 members (excludes halogenated alkanes) is 2. The first kappa shape index (κ1) is 12.5. The number of alkyl halides is 1. The summed E-state index contributed by atoms with van der Waals surface area (Å²) in [4.78, 5) is 2.54. The summed E-state index contributed by atoms with van der Waals surface area (Å²) in [6.45, 7) is 4.03. The smallest absolute Gasteiger partial charge is 0.0460 e. The van der Waals surface area contributed by atoms with Crippen molar-refractivity contribution in [3.05, 3.63) is 0 Å². The largest absolute Gasteiger partial charge is 0.396 e. The summed E-state index contributed by atoms with van der Waals surface area (Å²) in [5.41, 5.74) is 0. The molecular weight excluding hydrogens is 242 g/mol. The molecule has 3 heteroatoms. The predicted molar refractivity (Wildman–Crippen MR) is 63.9 cm³/mol. The fourth-order valence-corrected chi connectivity index (χ4v) is 2.40. The third-order valence-corrected chi connectivity index (χ3v) is 3.63. The maximum absolute atomic E-state index is 9.00. The van der Waals surface area contributed by atoms with Gasteiger partial charge < -0.3 is 10.0 Å².